The number of phosphoric acid groups is 2. The van der Waals surface area contributed by atoms with E-state index >= 15 is 0 Å². The van der Waals surface area contributed by atoms with Gasteiger partial charge in [-0.25, -0.2) is 9.13 Å². The van der Waals surface area contributed by atoms with E-state index in [4.69, 9.17) is 19.4 Å². The lowest BCUT2D eigenvalue weighted by molar-refractivity contribution is 0.191. The van der Waals surface area contributed by atoms with E-state index in [1.165, 1.54) is 11.1 Å². The molecule has 1 unspecified atom stereocenters. The maximum atomic E-state index is 11.3. The monoisotopic (exact) mass is 440 g/mol. The Morgan fingerprint density at radius 2 is 1.36 bits per heavy atom. The fourth-order valence-electron chi connectivity index (χ4n) is 2.33. The van der Waals surface area contributed by atoms with E-state index in [1.807, 2.05) is 6.92 Å². The van der Waals surface area contributed by atoms with Crippen LogP contribution in [0.25, 0.3) is 0 Å². The Morgan fingerprint density at radius 3 is 1.86 bits per heavy atom. The van der Waals surface area contributed by atoms with Crippen LogP contribution in [-0.4, -0.2) is 35.0 Å². The number of hydrogen-bond donors (Lipinski definition) is 3. The molecule has 0 aliphatic heterocycles. The Hall–Kier alpha value is -0.560. The summed E-state index contributed by atoms with van der Waals surface area (Å²) in [6.07, 6.45) is 11.7. The highest BCUT2D eigenvalue weighted by Crippen LogP contribution is 2.57. The molecule has 0 spiro atoms. The van der Waals surface area contributed by atoms with Crippen molar-refractivity contribution >= 4 is 15.6 Å². The quantitative estimate of drug-likeness (QED) is 0.184. The fourth-order valence-corrected chi connectivity index (χ4v) is 3.85. The zero-order chi connectivity index (χ0) is 21.6. The summed E-state index contributed by atoms with van der Waals surface area (Å²) in [6.45, 7) is 6.60. The van der Waals surface area contributed by atoms with Gasteiger partial charge in [-0.15, -0.1) is 0 Å². The van der Waals surface area contributed by atoms with E-state index in [9.17, 15) is 9.13 Å². The summed E-state index contributed by atoms with van der Waals surface area (Å²) >= 11 is 0. The molecular weight excluding hydrogens is 406 g/mol. The number of methoxy groups -OCH3 is 1. The van der Waals surface area contributed by atoms with E-state index in [0.717, 1.165) is 50.7 Å². The van der Waals surface area contributed by atoms with Crippen LogP contribution in [0.5, 0.6) is 0 Å². The third kappa shape index (κ3) is 17.5. The largest absolute Gasteiger partial charge is 0.481 e. The van der Waals surface area contributed by atoms with Crippen LogP contribution >= 0.6 is 15.6 Å². The van der Waals surface area contributed by atoms with Gasteiger partial charge < -0.3 is 19.4 Å². The predicted octanol–water partition coefficient (Wildman–Crippen LogP) is 5.04. The van der Waals surface area contributed by atoms with Crippen molar-refractivity contribution in [2.75, 3.05) is 20.3 Å². The van der Waals surface area contributed by atoms with Crippen LogP contribution in [0.15, 0.2) is 34.9 Å². The molecule has 0 rings (SSSR count). The summed E-state index contributed by atoms with van der Waals surface area (Å²) in [7, 11) is -8.14. The Bertz CT molecular complexity index is 633. The third-order valence-corrected chi connectivity index (χ3v) is 6.01. The van der Waals surface area contributed by atoms with Crippen LogP contribution < -0.4 is 0 Å². The number of phosphoric ester groups is 1. The molecule has 0 aromatic heterocycles. The summed E-state index contributed by atoms with van der Waals surface area (Å²) in [5.41, 5.74) is 3.63. The summed E-state index contributed by atoms with van der Waals surface area (Å²) in [6, 6.07) is 0. The fraction of sp³-hybridized carbons (Fsp3) is 0.667. The first kappa shape index (κ1) is 27.4. The van der Waals surface area contributed by atoms with E-state index < -0.39 is 15.6 Å². The zero-order valence-corrected chi connectivity index (χ0v) is 19.0. The molecule has 10 heteroatoms. The molecule has 0 aliphatic carbocycles. The van der Waals surface area contributed by atoms with Gasteiger partial charge in [0.25, 0.3) is 0 Å². The van der Waals surface area contributed by atoms with Gasteiger partial charge in [-0.3, -0.25) is 4.52 Å². The van der Waals surface area contributed by atoms with Crippen LogP contribution in [0.2, 0.25) is 0 Å². The smallest absolute Gasteiger partial charge is 0.385 e. The highest BCUT2D eigenvalue weighted by Gasteiger charge is 2.31. The standard InChI is InChI=1S/C18H34O8P2/c1-16(8-5-10-17(2)12-7-14-24-4)9-6-11-18(3)13-15-25-28(22,23)26-27(19,20)21/h9-10,13H,5-8,11-12,14-15H2,1-4H3,(H,22,23)(H2,19,20,21)/b16-9+,17-10+,18-13+. The minimum Gasteiger partial charge on any atom is -0.385 e. The van der Waals surface area contributed by atoms with Gasteiger partial charge >= 0.3 is 15.6 Å². The predicted molar refractivity (Wildman–Crippen MR) is 110 cm³/mol. The molecule has 0 aromatic carbocycles. The average Bonchev–Trinajstić information content (AvgIpc) is 2.52. The van der Waals surface area contributed by atoms with Crippen molar-refractivity contribution in [1.29, 1.82) is 0 Å². The molecule has 0 bridgehead atoms. The molecule has 0 fully saturated rings. The molecule has 8 nitrogen and oxygen atoms in total. The van der Waals surface area contributed by atoms with E-state index in [-0.39, 0.29) is 6.61 Å². The molecule has 28 heavy (non-hydrogen) atoms. The van der Waals surface area contributed by atoms with Crippen molar-refractivity contribution in [1.82, 2.24) is 0 Å². The lowest BCUT2D eigenvalue weighted by Gasteiger charge is -2.11. The summed E-state index contributed by atoms with van der Waals surface area (Å²) < 4.78 is 35.1. The number of rotatable bonds is 15. The van der Waals surface area contributed by atoms with Crippen molar-refractivity contribution in [3.05, 3.63) is 34.9 Å². The van der Waals surface area contributed by atoms with Gasteiger partial charge in [-0.2, -0.15) is 4.31 Å². The third-order valence-electron chi connectivity index (χ3n) is 3.86. The van der Waals surface area contributed by atoms with Gasteiger partial charge in [0.05, 0.1) is 6.61 Å². The van der Waals surface area contributed by atoms with Crippen molar-refractivity contribution in [3.63, 3.8) is 0 Å². The SMILES string of the molecule is COCCC/C(C)=C/CC/C(C)=C/CC/C(C)=C/COP(=O)(O)OP(=O)(O)O. The molecular formula is C18H34O8P2. The summed E-state index contributed by atoms with van der Waals surface area (Å²) in [5, 5.41) is 0. The lowest BCUT2D eigenvalue weighted by Crippen LogP contribution is -1.94. The zero-order valence-electron chi connectivity index (χ0n) is 17.2. The summed E-state index contributed by atoms with van der Waals surface area (Å²) in [4.78, 5) is 26.2. The van der Waals surface area contributed by atoms with Crippen LogP contribution in [0.1, 0.15) is 59.3 Å². The molecule has 0 saturated heterocycles. The van der Waals surface area contributed by atoms with Gasteiger partial charge in [0.1, 0.15) is 0 Å². The highest BCUT2D eigenvalue weighted by atomic mass is 31.3. The summed E-state index contributed by atoms with van der Waals surface area (Å²) in [5.74, 6) is 0. The van der Waals surface area contributed by atoms with Crippen molar-refractivity contribution in [3.8, 4) is 0 Å². The van der Waals surface area contributed by atoms with E-state index in [2.05, 4.69) is 34.8 Å². The molecule has 0 radical (unpaired) electrons. The topological polar surface area (TPSA) is 123 Å². The lowest BCUT2D eigenvalue weighted by atomic mass is 10.1. The van der Waals surface area contributed by atoms with Crippen molar-refractivity contribution < 1.29 is 37.4 Å². The number of ether oxygens (including phenoxy) is 1. The van der Waals surface area contributed by atoms with Gasteiger partial charge in [-0.05, 0) is 59.3 Å². The minimum absolute atomic E-state index is 0.268. The van der Waals surface area contributed by atoms with E-state index in [1.54, 1.807) is 13.2 Å². The second kappa shape index (κ2) is 14.4. The second-order valence-electron chi connectivity index (χ2n) is 6.66. The van der Waals surface area contributed by atoms with Gasteiger partial charge in [0.2, 0.25) is 0 Å². The van der Waals surface area contributed by atoms with Gasteiger partial charge in [-0.1, -0.05) is 34.9 Å². The van der Waals surface area contributed by atoms with Crippen molar-refractivity contribution in [2.45, 2.75) is 59.3 Å². The maximum absolute atomic E-state index is 11.3. The first-order valence-electron chi connectivity index (χ1n) is 9.15. The maximum Gasteiger partial charge on any atom is 0.481 e. The first-order chi connectivity index (χ1) is 12.9. The molecule has 0 aromatic rings. The second-order valence-corrected chi connectivity index (χ2v) is 9.49. The molecule has 0 amide bonds. The molecule has 1 atom stereocenters. The van der Waals surface area contributed by atoms with Crippen LogP contribution in [0, 0.1) is 0 Å². The minimum atomic E-state index is -5.08. The van der Waals surface area contributed by atoms with Gasteiger partial charge in [0, 0.05) is 13.7 Å². The van der Waals surface area contributed by atoms with Crippen molar-refractivity contribution in [2.24, 2.45) is 0 Å². The van der Waals surface area contributed by atoms with Crippen LogP contribution in [-0.2, 0) is 22.7 Å². The highest BCUT2D eigenvalue weighted by molar-refractivity contribution is 7.60. The Balaban J connectivity index is 4.15. The Morgan fingerprint density at radius 1 is 0.857 bits per heavy atom. The van der Waals surface area contributed by atoms with Gasteiger partial charge in [0.15, 0.2) is 0 Å². The molecule has 0 heterocycles. The van der Waals surface area contributed by atoms with Crippen LogP contribution in [0.4, 0.5) is 0 Å². The Labute approximate surface area is 168 Å². The normalized spacial score (nSPS) is 16.3. The molecule has 3 N–H and O–H groups in total. The number of allylic oxidation sites excluding steroid dienone is 5. The van der Waals surface area contributed by atoms with Crippen LogP contribution in [0.3, 0.4) is 0 Å². The first-order valence-corrected chi connectivity index (χ1v) is 12.2. The Kier molecular flexibility index (Phi) is 14.1. The molecule has 0 saturated carbocycles. The molecule has 0 aliphatic rings. The average molecular weight is 440 g/mol. The van der Waals surface area contributed by atoms with E-state index in [0.29, 0.717) is 0 Å². The number of hydrogen-bond acceptors (Lipinski definition) is 5. The molecule has 164 valence electrons.